The molecule has 3 amide bonds. The van der Waals surface area contributed by atoms with E-state index in [0.29, 0.717) is 11.5 Å². The van der Waals surface area contributed by atoms with Gasteiger partial charge in [0.2, 0.25) is 5.96 Å². The normalized spacial score (nSPS) is 23.9. The fourth-order valence-electron chi connectivity index (χ4n) is 3.94. The molecule has 8 heteroatoms. The lowest BCUT2D eigenvalue weighted by Crippen LogP contribution is -2.63. The van der Waals surface area contributed by atoms with E-state index < -0.39 is 24.1 Å². The summed E-state index contributed by atoms with van der Waals surface area (Å²) >= 11 is 0. The summed E-state index contributed by atoms with van der Waals surface area (Å²) in [6, 6.07) is 5.12. The van der Waals surface area contributed by atoms with E-state index in [4.69, 9.17) is 4.99 Å². The average Bonchev–Trinajstić information content (AvgIpc) is 3.18. The molecule has 1 aromatic rings. The van der Waals surface area contributed by atoms with E-state index in [0.717, 1.165) is 30.0 Å². The number of aliphatic imine (C=N–C) groups is 1. The van der Waals surface area contributed by atoms with Gasteiger partial charge in [-0.25, -0.2) is 14.2 Å². The first-order valence-electron chi connectivity index (χ1n) is 9.57. The average molecular weight is 385 g/mol. The predicted octanol–water partition coefficient (Wildman–Crippen LogP) is 2.56. The van der Waals surface area contributed by atoms with Crippen molar-refractivity contribution >= 4 is 17.9 Å². The summed E-state index contributed by atoms with van der Waals surface area (Å²) in [5, 5.41) is 0. The number of halogens is 1. The van der Waals surface area contributed by atoms with E-state index in [-0.39, 0.29) is 12.5 Å². The Bertz CT molecular complexity index is 883. The maximum Gasteiger partial charge on any atom is 0.328 e. The molecule has 0 spiro atoms. The standard InChI is InChI=1S/C20H24FN5O2/c1-4-5-10-24-13(2)11-25-16-17(22-19(24)25)23(3)20(28)26(18(16)27)12-14-8-6-7-9-15(14)21/h6-9,11,16-17H,4-5,10,12H2,1-3H3. The number of rotatable bonds is 5. The van der Waals surface area contributed by atoms with Crippen molar-refractivity contribution in [2.75, 3.05) is 13.6 Å². The molecular formula is C20H24FN5O2. The number of carbonyl (C=O) groups excluding carboxylic acids is 2. The van der Waals surface area contributed by atoms with Gasteiger partial charge in [0.05, 0.1) is 6.54 Å². The number of allylic oxidation sites excluding steroid dienone is 1. The Morgan fingerprint density at radius 2 is 1.93 bits per heavy atom. The van der Waals surface area contributed by atoms with Gasteiger partial charge in [0.1, 0.15) is 5.82 Å². The predicted molar refractivity (Wildman–Crippen MR) is 102 cm³/mol. The van der Waals surface area contributed by atoms with Gasteiger partial charge in [0, 0.05) is 31.1 Å². The first-order chi connectivity index (χ1) is 13.4. The van der Waals surface area contributed by atoms with E-state index in [1.807, 2.05) is 18.0 Å². The molecule has 0 saturated carbocycles. The summed E-state index contributed by atoms with van der Waals surface area (Å²) in [5.74, 6) is -0.0722. The first-order valence-corrected chi connectivity index (χ1v) is 9.57. The van der Waals surface area contributed by atoms with Gasteiger partial charge in [-0.3, -0.25) is 9.69 Å². The van der Waals surface area contributed by atoms with Crippen molar-refractivity contribution in [3.8, 4) is 0 Å². The second-order valence-corrected chi connectivity index (χ2v) is 7.38. The monoisotopic (exact) mass is 385 g/mol. The number of hydrogen-bond donors (Lipinski definition) is 0. The molecule has 0 bridgehead atoms. The molecule has 2 unspecified atom stereocenters. The van der Waals surface area contributed by atoms with Crippen molar-refractivity contribution in [3.05, 3.63) is 47.5 Å². The number of nitrogens with zero attached hydrogens (tertiary/aromatic N) is 5. The van der Waals surface area contributed by atoms with Crippen LogP contribution in [-0.4, -0.2) is 63.3 Å². The van der Waals surface area contributed by atoms with Crippen LogP contribution in [0.2, 0.25) is 0 Å². The molecule has 28 heavy (non-hydrogen) atoms. The number of amides is 3. The summed E-state index contributed by atoms with van der Waals surface area (Å²) in [6.45, 7) is 4.84. The minimum atomic E-state index is -0.619. The molecule has 148 valence electrons. The number of benzene rings is 1. The lowest BCUT2D eigenvalue weighted by atomic mass is 10.1. The topological polar surface area (TPSA) is 59.5 Å². The Labute approximate surface area is 163 Å². The number of urea groups is 1. The Kier molecular flexibility index (Phi) is 4.56. The molecule has 3 heterocycles. The van der Waals surface area contributed by atoms with Crippen molar-refractivity contribution in [2.45, 2.75) is 45.4 Å². The van der Waals surface area contributed by atoms with Crippen LogP contribution in [0.1, 0.15) is 32.3 Å². The third kappa shape index (κ3) is 2.75. The van der Waals surface area contributed by atoms with E-state index in [2.05, 4.69) is 11.8 Å². The summed E-state index contributed by atoms with van der Waals surface area (Å²) in [7, 11) is 1.64. The van der Waals surface area contributed by atoms with Gasteiger partial charge in [-0.1, -0.05) is 31.5 Å². The lowest BCUT2D eigenvalue weighted by molar-refractivity contribution is -0.137. The highest BCUT2D eigenvalue weighted by molar-refractivity contribution is 6.04. The number of hydrogen-bond acceptors (Lipinski definition) is 5. The third-order valence-electron chi connectivity index (χ3n) is 5.52. The van der Waals surface area contributed by atoms with Crippen molar-refractivity contribution in [1.29, 1.82) is 0 Å². The fraction of sp³-hybridized carbons (Fsp3) is 0.450. The molecule has 0 radical (unpaired) electrons. The SMILES string of the molecule is CCCCN1C(C)=CN2C1=NC1C2C(=O)N(Cc2ccccc2F)C(=O)N1C. The summed E-state index contributed by atoms with van der Waals surface area (Å²) in [5.41, 5.74) is 1.34. The second-order valence-electron chi connectivity index (χ2n) is 7.38. The highest BCUT2D eigenvalue weighted by Gasteiger charge is 2.54. The van der Waals surface area contributed by atoms with Crippen LogP contribution < -0.4 is 0 Å². The van der Waals surface area contributed by atoms with Crippen molar-refractivity contribution in [3.63, 3.8) is 0 Å². The van der Waals surface area contributed by atoms with Gasteiger partial charge in [0.25, 0.3) is 5.91 Å². The third-order valence-corrected chi connectivity index (χ3v) is 5.52. The van der Waals surface area contributed by atoms with Crippen LogP contribution in [0.4, 0.5) is 9.18 Å². The molecule has 7 nitrogen and oxygen atoms in total. The van der Waals surface area contributed by atoms with E-state index in [1.54, 1.807) is 25.2 Å². The van der Waals surface area contributed by atoms with Crippen LogP contribution in [0.25, 0.3) is 0 Å². The van der Waals surface area contributed by atoms with E-state index in [9.17, 15) is 14.0 Å². The zero-order chi connectivity index (χ0) is 20.0. The minimum Gasteiger partial charge on any atom is -0.315 e. The number of fused-ring (bicyclic) bond motifs is 3. The Balaban J connectivity index is 1.62. The van der Waals surface area contributed by atoms with Crippen LogP contribution in [0.5, 0.6) is 0 Å². The van der Waals surface area contributed by atoms with Gasteiger partial charge < -0.3 is 14.7 Å². The van der Waals surface area contributed by atoms with Crippen LogP contribution in [0.15, 0.2) is 41.2 Å². The Hall–Kier alpha value is -2.90. The first kappa shape index (κ1) is 18.5. The maximum absolute atomic E-state index is 14.1. The Morgan fingerprint density at radius 3 is 2.64 bits per heavy atom. The minimum absolute atomic E-state index is 0.0939. The molecule has 1 aromatic carbocycles. The van der Waals surface area contributed by atoms with E-state index >= 15 is 0 Å². The number of unbranched alkanes of at least 4 members (excludes halogenated alkanes) is 1. The van der Waals surface area contributed by atoms with Gasteiger partial charge in [0.15, 0.2) is 12.2 Å². The highest BCUT2D eigenvalue weighted by Crippen LogP contribution is 2.34. The number of likely N-dealkylation sites (N-methyl/N-ethyl adjacent to an activating group) is 1. The second kappa shape index (κ2) is 6.92. The molecule has 1 fully saturated rings. The lowest BCUT2D eigenvalue weighted by Gasteiger charge is -2.40. The molecular weight excluding hydrogens is 361 g/mol. The number of imide groups is 1. The number of carbonyl (C=O) groups is 2. The quantitative estimate of drug-likeness (QED) is 0.782. The molecule has 2 atom stereocenters. The zero-order valence-electron chi connectivity index (χ0n) is 16.3. The molecule has 0 N–H and O–H groups in total. The van der Waals surface area contributed by atoms with Crippen LogP contribution in [0, 0.1) is 5.82 Å². The molecule has 1 saturated heterocycles. The van der Waals surface area contributed by atoms with Gasteiger partial charge in [-0.2, -0.15) is 0 Å². The number of guanidine groups is 1. The summed E-state index contributed by atoms with van der Waals surface area (Å²) in [4.78, 5) is 37.3. The molecule has 0 aliphatic carbocycles. The highest BCUT2D eigenvalue weighted by atomic mass is 19.1. The van der Waals surface area contributed by atoms with Crippen LogP contribution in [0.3, 0.4) is 0 Å². The van der Waals surface area contributed by atoms with E-state index in [1.165, 1.54) is 11.0 Å². The largest absolute Gasteiger partial charge is 0.328 e. The summed E-state index contributed by atoms with van der Waals surface area (Å²) < 4.78 is 14.1. The van der Waals surface area contributed by atoms with Crippen molar-refractivity contribution < 1.29 is 14.0 Å². The van der Waals surface area contributed by atoms with Crippen molar-refractivity contribution in [1.82, 2.24) is 19.6 Å². The molecule has 0 aromatic heterocycles. The van der Waals surface area contributed by atoms with Crippen LogP contribution >= 0.6 is 0 Å². The van der Waals surface area contributed by atoms with Gasteiger partial charge >= 0.3 is 6.03 Å². The smallest absolute Gasteiger partial charge is 0.315 e. The van der Waals surface area contributed by atoms with Gasteiger partial charge in [-0.05, 0) is 19.4 Å². The Morgan fingerprint density at radius 1 is 1.18 bits per heavy atom. The molecule has 3 aliphatic rings. The summed E-state index contributed by atoms with van der Waals surface area (Å²) in [6.07, 6.45) is 3.41. The fourth-order valence-corrected chi connectivity index (χ4v) is 3.94. The zero-order valence-corrected chi connectivity index (χ0v) is 16.3. The van der Waals surface area contributed by atoms with Crippen molar-refractivity contribution in [2.24, 2.45) is 4.99 Å². The van der Waals surface area contributed by atoms with Gasteiger partial charge in [-0.15, -0.1) is 0 Å². The maximum atomic E-state index is 14.1. The van der Waals surface area contributed by atoms with Crippen LogP contribution in [-0.2, 0) is 11.3 Å². The molecule has 4 rings (SSSR count). The molecule has 3 aliphatic heterocycles.